The van der Waals surface area contributed by atoms with Crippen molar-refractivity contribution in [1.29, 1.82) is 0 Å². The van der Waals surface area contributed by atoms with E-state index in [1.165, 1.54) is 0 Å². The van der Waals surface area contributed by atoms with Crippen LogP contribution in [0, 0.1) is 23.7 Å². The van der Waals surface area contributed by atoms with Crippen LogP contribution in [0.1, 0.15) is 38.5 Å². The Balaban J connectivity index is 1.38. The number of hydrogen-bond donors (Lipinski definition) is 5. The third-order valence-electron chi connectivity index (χ3n) is 8.06. The summed E-state index contributed by atoms with van der Waals surface area (Å²) < 4.78 is 25.5. The number of carbonyl (C=O) groups is 1. The molecule has 0 aromatic carbocycles. The number of methoxy groups -OCH3 is 2. The topological polar surface area (TPSA) is 108 Å². The van der Waals surface area contributed by atoms with Crippen molar-refractivity contribution in [3.8, 4) is 0 Å². The minimum atomic E-state index is -0.870. The first kappa shape index (κ1) is 25.6. The molecule has 0 aromatic heterocycles. The van der Waals surface area contributed by atoms with E-state index in [2.05, 4.69) is 31.6 Å². The van der Waals surface area contributed by atoms with Crippen LogP contribution in [-0.2, 0) is 14.3 Å². The van der Waals surface area contributed by atoms with Crippen molar-refractivity contribution >= 4 is 11.9 Å². The lowest BCUT2D eigenvalue weighted by Gasteiger charge is -2.43. The smallest absolute Gasteiger partial charge is 0.223 e. The summed E-state index contributed by atoms with van der Waals surface area (Å²) in [6.07, 6.45) is 4.20. The van der Waals surface area contributed by atoms with Gasteiger partial charge in [-0.15, -0.1) is 0 Å². The van der Waals surface area contributed by atoms with Gasteiger partial charge in [0.1, 0.15) is 12.4 Å². The fourth-order valence-electron chi connectivity index (χ4n) is 6.27. The van der Waals surface area contributed by atoms with Crippen molar-refractivity contribution in [3.63, 3.8) is 0 Å². The van der Waals surface area contributed by atoms with Crippen LogP contribution in [0.2, 0.25) is 0 Å². The molecule has 1 aliphatic carbocycles. The molecule has 1 saturated carbocycles. The number of piperidine rings is 2. The van der Waals surface area contributed by atoms with Gasteiger partial charge in [0.2, 0.25) is 5.91 Å². The van der Waals surface area contributed by atoms with E-state index in [9.17, 15) is 9.18 Å². The molecule has 34 heavy (non-hydrogen) atoms. The molecule has 5 N–H and O–H groups in total. The largest absolute Gasteiger partial charge is 0.381 e. The zero-order chi connectivity index (χ0) is 23.9. The second-order valence-corrected chi connectivity index (χ2v) is 10.4. The average molecular weight is 483 g/mol. The van der Waals surface area contributed by atoms with Crippen molar-refractivity contribution in [1.82, 2.24) is 26.6 Å². The third kappa shape index (κ3) is 6.80. The Morgan fingerprint density at radius 3 is 2.74 bits per heavy atom. The molecule has 0 bridgehead atoms. The van der Waals surface area contributed by atoms with Crippen LogP contribution in [0.4, 0.5) is 4.39 Å². The molecule has 10 heteroatoms. The summed E-state index contributed by atoms with van der Waals surface area (Å²) in [5, 5.41) is 16.6. The van der Waals surface area contributed by atoms with Gasteiger partial charge < -0.3 is 30.7 Å². The first-order chi connectivity index (χ1) is 16.6. The van der Waals surface area contributed by atoms with Crippen LogP contribution >= 0.6 is 0 Å². The third-order valence-corrected chi connectivity index (χ3v) is 8.06. The number of amides is 1. The molecule has 3 aliphatic heterocycles. The predicted octanol–water partition coefficient (Wildman–Crippen LogP) is 0.371. The lowest BCUT2D eigenvalue weighted by atomic mass is 9.68. The fraction of sp³-hybridized carbons (Fsp3) is 0.917. The number of nitrogens with one attached hydrogen (secondary N) is 5. The van der Waals surface area contributed by atoms with Crippen molar-refractivity contribution in [3.05, 3.63) is 0 Å². The van der Waals surface area contributed by atoms with Gasteiger partial charge in [-0.1, -0.05) is 0 Å². The van der Waals surface area contributed by atoms with E-state index in [1.54, 1.807) is 14.2 Å². The maximum absolute atomic E-state index is 14.3. The van der Waals surface area contributed by atoms with Gasteiger partial charge in [-0.3, -0.25) is 15.1 Å². The molecule has 3 fully saturated rings. The predicted molar refractivity (Wildman–Crippen MR) is 129 cm³/mol. The van der Waals surface area contributed by atoms with Gasteiger partial charge >= 0.3 is 0 Å². The number of guanidine groups is 1. The molecule has 4 aliphatic rings. The van der Waals surface area contributed by atoms with E-state index in [1.807, 2.05) is 0 Å². The van der Waals surface area contributed by atoms with Crippen molar-refractivity contribution in [2.24, 2.45) is 28.7 Å². The fourth-order valence-corrected chi connectivity index (χ4v) is 6.27. The molecular weight excluding hydrogens is 439 g/mol. The van der Waals surface area contributed by atoms with Crippen LogP contribution in [0.5, 0.6) is 0 Å². The van der Waals surface area contributed by atoms with E-state index >= 15 is 0 Å². The van der Waals surface area contributed by atoms with E-state index in [-0.39, 0.29) is 42.0 Å². The van der Waals surface area contributed by atoms with E-state index in [4.69, 9.17) is 9.47 Å². The minimum Gasteiger partial charge on any atom is -0.381 e. The zero-order valence-corrected chi connectivity index (χ0v) is 20.7. The number of nitrogens with zero attached hydrogens (tertiary/aromatic N) is 1. The Morgan fingerprint density at radius 1 is 1.09 bits per heavy atom. The Morgan fingerprint density at radius 2 is 1.97 bits per heavy atom. The van der Waals surface area contributed by atoms with Crippen LogP contribution in [-0.4, -0.2) is 89.9 Å². The van der Waals surface area contributed by atoms with Crippen LogP contribution in [0.15, 0.2) is 4.99 Å². The monoisotopic (exact) mass is 482 g/mol. The number of carbonyl (C=O) groups excluding carboxylic acids is 1. The number of ether oxygens (including phenoxy) is 2. The average Bonchev–Trinajstić information content (AvgIpc) is 3.39. The lowest BCUT2D eigenvalue weighted by molar-refractivity contribution is -0.128. The van der Waals surface area contributed by atoms with Gasteiger partial charge in [-0.2, -0.15) is 0 Å². The number of rotatable bonds is 8. The van der Waals surface area contributed by atoms with Gasteiger partial charge in [-0.05, 0) is 56.9 Å². The Labute approximate surface area is 202 Å². The summed E-state index contributed by atoms with van der Waals surface area (Å²) in [6.45, 7) is 4.28. The molecule has 3 heterocycles. The lowest BCUT2D eigenvalue weighted by Crippen LogP contribution is -2.52. The number of alkyl halides is 1. The summed E-state index contributed by atoms with van der Waals surface area (Å²) in [7, 11) is 3.44. The molecule has 9 nitrogen and oxygen atoms in total. The summed E-state index contributed by atoms with van der Waals surface area (Å²) >= 11 is 0. The number of hydrogen-bond acceptors (Lipinski definition) is 8. The van der Waals surface area contributed by atoms with Crippen LogP contribution in [0.25, 0.3) is 0 Å². The molecule has 0 spiro atoms. The second-order valence-electron chi connectivity index (χ2n) is 10.4. The van der Waals surface area contributed by atoms with E-state index in [0.29, 0.717) is 25.4 Å². The summed E-state index contributed by atoms with van der Waals surface area (Å²) in [4.78, 5) is 17.7. The maximum atomic E-state index is 14.3. The van der Waals surface area contributed by atoms with Crippen LogP contribution in [0.3, 0.4) is 0 Å². The Kier molecular flexibility index (Phi) is 9.38. The molecule has 8 unspecified atom stereocenters. The number of halogens is 1. The highest BCUT2D eigenvalue weighted by molar-refractivity contribution is 5.81. The first-order valence-corrected chi connectivity index (χ1v) is 13.0. The van der Waals surface area contributed by atoms with Gasteiger partial charge in [0.15, 0.2) is 5.96 Å². The zero-order valence-electron chi connectivity index (χ0n) is 20.7. The highest BCUT2D eigenvalue weighted by Crippen LogP contribution is 2.41. The second kappa shape index (κ2) is 12.5. The molecule has 194 valence electrons. The van der Waals surface area contributed by atoms with Crippen molar-refractivity contribution in [2.75, 3.05) is 53.5 Å². The molecule has 0 radical (unpaired) electrons. The van der Waals surface area contributed by atoms with Gasteiger partial charge in [0.05, 0.1) is 12.6 Å². The Hall–Kier alpha value is -1.49. The van der Waals surface area contributed by atoms with Gasteiger partial charge in [0.25, 0.3) is 0 Å². The molecule has 4 rings (SSSR count). The molecule has 2 saturated heterocycles. The summed E-state index contributed by atoms with van der Waals surface area (Å²) in [5.74, 6) is 1.50. The van der Waals surface area contributed by atoms with E-state index < -0.39 is 6.17 Å². The quantitative estimate of drug-likeness (QED) is 0.340. The molecule has 0 aromatic rings. The molecule has 8 atom stereocenters. The first-order valence-electron chi connectivity index (χ1n) is 13.0. The standard InChI is InChI=1S/C24H43FN6O3/c1-33-20-3-4-26-19(11-20)14-29-22(32)17-8-15(12-31-24-27-5-6-28-24)7-16(9-17)21-10-18(25)13-30-23(21)34-2/h15-21,23,26,30H,3-14H2,1-2H3,(H,29,32)(H2,27,28,31). The highest BCUT2D eigenvalue weighted by atomic mass is 19.1. The van der Waals surface area contributed by atoms with Crippen molar-refractivity contribution in [2.45, 2.75) is 63.1 Å². The van der Waals surface area contributed by atoms with Gasteiger partial charge in [-0.25, -0.2) is 4.39 Å². The summed E-state index contributed by atoms with van der Waals surface area (Å²) in [5.41, 5.74) is 0. The van der Waals surface area contributed by atoms with Crippen LogP contribution < -0.4 is 26.6 Å². The summed E-state index contributed by atoms with van der Waals surface area (Å²) in [6, 6.07) is 0.235. The normalized spacial score (nSPS) is 38.6. The van der Waals surface area contributed by atoms with E-state index in [0.717, 1.165) is 64.2 Å². The molecular formula is C24H43FN6O3. The number of aliphatic imine (C=N–C) groups is 1. The minimum absolute atomic E-state index is 0.0660. The highest BCUT2D eigenvalue weighted by Gasteiger charge is 2.42. The van der Waals surface area contributed by atoms with Gasteiger partial charge in [0, 0.05) is 58.3 Å². The van der Waals surface area contributed by atoms with Crippen molar-refractivity contribution < 1.29 is 18.7 Å². The molecule has 1 amide bonds. The Bertz CT molecular complexity index is 698. The maximum Gasteiger partial charge on any atom is 0.223 e. The SMILES string of the molecule is COC1CCNC(CNC(=O)C2CC(CNC3=NCCN3)CC(C3CC(F)CNC3OC)C2)C1.